The summed E-state index contributed by atoms with van der Waals surface area (Å²) >= 11 is 13.5. The summed E-state index contributed by atoms with van der Waals surface area (Å²) in [5.74, 6) is 0. The van der Waals surface area contributed by atoms with E-state index in [-0.39, 0.29) is 0 Å². The van der Waals surface area contributed by atoms with Crippen molar-refractivity contribution in [2.75, 3.05) is 9.80 Å². The highest BCUT2D eigenvalue weighted by Crippen LogP contribution is 2.44. The minimum absolute atomic E-state index is 0.536. The van der Waals surface area contributed by atoms with Crippen LogP contribution in [0.3, 0.4) is 0 Å². The summed E-state index contributed by atoms with van der Waals surface area (Å²) in [6.07, 6.45) is 6.12. The van der Waals surface area contributed by atoms with Gasteiger partial charge in [0.2, 0.25) is 0 Å². The largest absolute Gasteiger partial charge is 0.310 e. The van der Waals surface area contributed by atoms with Crippen molar-refractivity contribution < 1.29 is 0 Å². The highest BCUT2D eigenvalue weighted by Gasteiger charge is 2.20. The number of para-hydroxylation sites is 2. The molecule has 5 aromatic rings. The Morgan fingerprint density at radius 1 is 0.537 bits per heavy atom. The number of unbranched alkanes of at least 4 members (excludes halogenated alkanes) is 3. The van der Waals surface area contributed by atoms with Gasteiger partial charge in [0.25, 0.3) is 0 Å². The highest BCUT2D eigenvalue weighted by molar-refractivity contribution is 6.44. The lowest BCUT2D eigenvalue weighted by atomic mass is 10.0. The number of rotatable bonds is 11. The van der Waals surface area contributed by atoms with E-state index in [4.69, 9.17) is 23.2 Å². The predicted octanol–water partition coefficient (Wildman–Crippen LogP) is 12.4. The molecule has 0 aromatic heterocycles. The standard InChI is InChI=1S/C37H36Cl2N2/c1-3-4-5-8-14-29-21-23-32(24-22-29)41(36-26-28(2)25-35(38)37(36)39)34-20-13-19-33(27-34)40(30-15-9-6-10-16-30)31-17-11-7-12-18-31/h6-7,9-13,15-27H,3-5,8,14H2,1-2H3. The van der Waals surface area contributed by atoms with Crippen LogP contribution in [-0.2, 0) is 6.42 Å². The van der Waals surface area contributed by atoms with Gasteiger partial charge in [0.05, 0.1) is 15.7 Å². The fourth-order valence-corrected chi connectivity index (χ4v) is 5.70. The molecule has 0 fully saturated rings. The number of benzene rings is 5. The maximum atomic E-state index is 6.90. The van der Waals surface area contributed by atoms with Crippen LogP contribution in [0.4, 0.5) is 34.1 Å². The van der Waals surface area contributed by atoms with Gasteiger partial charge in [0, 0.05) is 28.4 Å². The van der Waals surface area contributed by atoms with E-state index in [0.717, 1.165) is 46.1 Å². The van der Waals surface area contributed by atoms with Crippen LogP contribution < -0.4 is 9.80 Å². The van der Waals surface area contributed by atoms with E-state index in [0.29, 0.717) is 10.0 Å². The summed E-state index contributed by atoms with van der Waals surface area (Å²) in [6.45, 7) is 4.30. The molecule has 0 aliphatic rings. The average Bonchev–Trinajstić information content (AvgIpc) is 3.00. The van der Waals surface area contributed by atoms with Crippen molar-refractivity contribution in [2.45, 2.75) is 46.0 Å². The minimum Gasteiger partial charge on any atom is -0.310 e. The lowest BCUT2D eigenvalue weighted by Gasteiger charge is -2.30. The van der Waals surface area contributed by atoms with Gasteiger partial charge in [0.15, 0.2) is 0 Å². The fraction of sp³-hybridized carbons (Fsp3) is 0.189. The SMILES string of the molecule is CCCCCCc1ccc(N(c2cccc(N(c3ccccc3)c3ccccc3)c2)c2cc(C)cc(Cl)c2Cl)cc1. The van der Waals surface area contributed by atoms with Crippen LogP contribution in [0.25, 0.3) is 0 Å². The van der Waals surface area contributed by atoms with Gasteiger partial charge in [0.1, 0.15) is 0 Å². The van der Waals surface area contributed by atoms with E-state index < -0.39 is 0 Å². The molecule has 2 nitrogen and oxygen atoms in total. The predicted molar refractivity (Wildman–Crippen MR) is 178 cm³/mol. The maximum Gasteiger partial charge on any atom is 0.0832 e. The number of hydrogen-bond acceptors (Lipinski definition) is 2. The molecule has 0 saturated heterocycles. The van der Waals surface area contributed by atoms with E-state index >= 15 is 0 Å². The molecule has 0 atom stereocenters. The first-order chi connectivity index (χ1) is 20.0. The Morgan fingerprint density at radius 2 is 1.10 bits per heavy atom. The molecule has 0 radical (unpaired) electrons. The molecule has 0 bridgehead atoms. The Bertz CT molecular complexity index is 1510. The third kappa shape index (κ3) is 6.96. The van der Waals surface area contributed by atoms with Crippen molar-refractivity contribution in [1.82, 2.24) is 0 Å². The summed E-state index contributed by atoms with van der Waals surface area (Å²) in [5, 5.41) is 1.08. The van der Waals surface area contributed by atoms with Gasteiger partial charge in [-0.1, -0.05) is 104 Å². The second-order valence-corrected chi connectivity index (χ2v) is 11.2. The average molecular weight is 580 g/mol. The molecule has 0 spiro atoms. The van der Waals surface area contributed by atoms with Crippen molar-refractivity contribution in [3.8, 4) is 0 Å². The summed E-state index contributed by atoms with van der Waals surface area (Å²) < 4.78 is 0. The topological polar surface area (TPSA) is 6.48 Å². The molecule has 0 N–H and O–H groups in total. The zero-order valence-electron chi connectivity index (χ0n) is 23.7. The quantitative estimate of drug-likeness (QED) is 0.144. The number of hydrogen-bond donors (Lipinski definition) is 0. The fourth-order valence-electron chi connectivity index (χ4n) is 5.24. The summed E-state index contributed by atoms with van der Waals surface area (Å²) in [4.78, 5) is 4.48. The van der Waals surface area contributed by atoms with Gasteiger partial charge in [-0.2, -0.15) is 0 Å². The molecule has 0 aliphatic heterocycles. The number of halogens is 2. The van der Waals surface area contributed by atoms with Crippen LogP contribution in [0.5, 0.6) is 0 Å². The summed E-state index contributed by atoms with van der Waals surface area (Å²) in [6, 6.07) is 42.4. The lowest BCUT2D eigenvalue weighted by Crippen LogP contribution is -2.13. The van der Waals surface area contributed by atoms with Crippen molar-refractivity contribution in [3.63, 3.8) is 0 Å². The third-order valence-corrected chi connectivity index (χ3v) is 8.07. The van der Waals surface area contributed by atoms with Gasteiger partial charge in [-0.05, 0) is 97.6 Å². The Morgan fingerprint density at radius 3 is 1.71 bits per heavy atom. The molecule has 0 heterocycles. The molecule has 0 saturated carbocycles. The minimum atomic E-state index is 0.536. The molecule has 0 unspecified atom stereocenters. The molecule has 208 valence electrons. The first-order valence-corrected chi connectivity index (χ1v) is 15.2. The number of anilines is 6. The van der Waals surface area contributed by atoms with Crippen LogP contribution in [0.1, 0.15) is 43.7 Å². The van der Waals surface area contributed by atoms with Crippen molar-refractivity contribution in [3.05, 3.63) is 142 Å². The smallest absolute Gasteiger partial charge is 0.0832 e. The van der Waals surface area contributed by atoms with Crippen LogP contribution >= 0.6 is 23.2 Å². The number of aryl methyl sites for hydroxylation is 2. The highest BCUT2D eigenvalue weighted by atomic mass is 35.5. The van der Waals surface area contributed by atoms with Gasteiger partial charge in [-0.15, -0.1) is 0 Å². The van der Waals surface area contributed by atoms with Gasteiger partial charge in [-0.3, -0.25) is 0 Å². The van der Waals surface area contributed by atoms with E-state index in [9.17, 15) is 0 Å². The molecule has 5 aromatic carbocycles. The van der Waals surface area contributed by atoms with Crippen molar-refractivity contribution in [2.24, 2.45) is 0 Å². The molecule has 0 aliphatic carbocycles. The lowest BCUT2D eigenvalue weighted by molar-refractivity contribution is 0.667. The van der Waals surface area contributed by atoms with E-state index in [1.165, 1.54) is 31.2 Å². The Hall–Kier alpha value is -3.72. The summed E-state index contributed by atoms with van der Waals surface area (Å²) in [5.41, 5.74) is 8.53. The van der Waals surface area contributed by atoms with Crippen LogP contribution in [-0.4, -0.2) is 0 Å². The Balaban J connectivity index is 1.60. The van der Waals surface area contributed by atoms with Crippen LogP contribution in [0.15, 0.2) is 121 Å². The molecule has 0 amide bonds. The van der Waals surface area contributed by atoms with Gasteiger partial charge < -0.3 is 9.80 Å². The van der Waals surface area contributed by atoms with E-state index in [2.05, 4.69) is 120 Å². The van der Waals surface area contributed by atoms with E-state index in [1.54, 1.807) is 0 Å². The molecule has 41 heavy (non-hydrogen) atoms. The monoisotopic (exact) mass is 578 g/mol. The Labute approximate surface area is 254 Å². The third-order valence-electron chi connectivity index (χ3n) is 7.28. The second kappa shape index (κ2) is 13.8. The number of nitrogens with zero attached hydrogens (tertiary/aromatic N) is 2. The summed E-state index contributed by atoms with van der Waals surface area (Å²) in [7, 11) is 0. The van der Waals surface area contributed by atoms with Crippen LogP contribution in [0, 0.1) is 6.92 Å². The zero-order valence-corrected chi connectivity index (χ0v) is 25.2. The molecular formula is C37H36Cl2N2. The molecule has 4 heteroatoms. The second-order valence-electron chi connectivity index (χ2n) is 10.4. The Kier molecular flexibility index (Phi) is 9.67. The van der Waals surface area contributed by atoms with Gasteiger partial charge in [-0.25, -0.2) is 0 Å². The van der Waals surface area contributed by atoms with Crippen molar-refractivity contribution >= 4 is 57.3 Å². The normalized spacial score (nSPS) is 10.9. The first-order valence-electron chi connectivity index (χ1n) is 14.4. The maximum absolute atomic E-state index is 6.90. The van der Waals surface area contributed by atoms with Crippen molar-refractivity contribution in [1.29, 1.82) is 0 Å². The van der Waals surface area contributed by atoms with E-state index in [1.807, 2.05) is 25.1 Å². The molecular weight excluding hydrogens is 543 g/mol. The molecule has 5 rings (SSSR count). The zero-order chi connectivity index (χ0) is 28.6. The van der Waals surface area contributed by atoms with Crippen LogP contribution in [0.2, 0.25) is 10.0 Å². The van der Waals surface area contributed by atoms with Gasteiger partial charge >= 0.3 is 0 Å². The first kappa shape index (κ1) is 28.8.